The fourth-order valence-corrected chi connectivity index (χ4v) is 7.46. The van der Waals surface area contributed by atoms with Gasteiger partial charge in [-0.05, 0) is 78.4 Å². The molecule has 1 unspecified atom stereocenters. The maximum absolute atomic E-state index is 10.1. The second kappa shape index (κ2) is 4.16. The molecule has 0 aromatic carbocycles. The smallest absolute Gasteiger partial charge is 0.0487 e. The van der Waals surface area contributed by atoms with Gasteiger partial charge in [-0.15, -0.1) is 0 Å². The Labute approximate surface area is 130 Å². The van der Waals surface area contributed by atoms with Crippen LogP contribution in [-0.4, -0.2) is 11.7 Å². The molecule has 4 rings (SSSR count). The Morgan fingerprint density at radius 1 is 0.952 bits per heavy atom. The van der Waals surface area contributed by atoms with Gasteiger partial charge in [0.05, 0.1) is 0 Å². The molecule has 1 heteroatoms. The normalized spacial score (nSPS) is 58.7. The highest BCUT2D eigenvalue weighted by Gasteiger charge is 2.63. The van der Waals surface area contributed by atoms with E-state index >= 15 is 0 Å². The third-order valence-electron chi connectivity index (χ3n) is 8.41. The molecule has 4 aliphatic rings. The van der Waals surface area contributed by atoms with Crippen LogP contribution in [0.1, 0.15) is 72.1 Å². The number of aliphatic hydroxyl groups excluding tert-OH is 1. The first-order valence-electron chi connectivity index (χ1n) is 9.17. The topological polar surface area (TPSA) is 20.2 Å². The molecule has 0 amide bonds. The van der Waals surface area contributed by atoms with Crippen molar-refractivity contribution in [1.29, 1.82) is 0 Å². The van der Waals surface area contributed by atoms with Crippen molar-refractivity contribution >= 4 is 0 Å². The van der Waals surface area contributed by atoms with Crippen molar-refractivity contribution in [2.75, 3.05) is 6.61 Å². The number of rotatable bonds is 1. The van der Waals surface area contributed by atoms with E-state index in [1.54, 1.807) is 0 Å². The Kier molecular flexibility index (Phi) is 2.83. The minimum absolute atomic E-state index is 0.178. The molecule has 3 fully saturated rings. The average molecular weight is 288 g/mol. The standard InChI is InChI=1S/C20H32O/c1-17-9-5-16-19(3)8-4-7-18(2,14-21)15(19)6-10-20(16,13-17)12-11-17/h11-12,15-16,21H,4-10,13-14H2,1-3H3/t15-,16?,17+,18-,19+,20-/m1/s1. The Morgan fingerprint density at radius 2 is 1.71 bits per heavy atom. The molecule has 4 aliphatic carbocycles. The summed E-state index contributed by atoms with van der Waals surface area (Å²) in [6.07, 6.45) is 16.1. The van der Waals surface area contributed by atoms with Crippen LogP contribution in [0.4, 0.5) is 0 Å². The highest BCUT2D eigenvalue weighted by atomic mass is 16.3. The molecule has 1 nitrogen and oxygen atoms in total. The highest BCUT2D eigenvalue weighted by Crippen LogP contribution is 2.71. The van der Waals surface area contributed by atoms with Gasteiger partial charge in [0.1, 0.15) is 0 Å². The lowest BCUT2D eigenvalue weighted by atomic mass is 9.40. The van der Waals surface area contributed by atoms with Gasteiger partial charge in [0.2, 0.25) is 0 Å². The lowest BCUT2D eigenvalue weighted by Gasteiger charge is -2.64. The number of fused-ring (bicyclic) bond motifs is 3. The van der Waals surface area contributed by atoms with Crippen LogP contribution >= 0.6 is 0 Å². The summed E-state index contributed by atoms with van der Waals surface area (Å²) in [5.41, 5.74) is 1.64. The zero-order valence-electron chi connectivity index (χ0n) is 14.1. The first kappa shape index (κ1) is 14.3. The van der Waals surface area contributed by atoms with Crippen LogP contribution in [0, 0.1) is 33.5 Å². The van der Waals surface area contributed by atoms with Crippen molar-refractivity contribution in [2.24, 2.45) is 33.5 Å². The maximum atomic E-state index is 10.1. The molecule has 2 bridgehead atoms. The van der Waals surface area contributed by atoms with Crippen molar-refractivity contribution in [3.05, 3.63) is 12.2 Å². The summed E-state index contributed by atoms with van der Waals surface area (Å²) in [5.74, 6) is 1.60. The predicted molar refractivity (Wildman–Crippen MR) is 86.9 cm³/mol. The molecule has 21 heavy (non-hydrogen) atoms. The maximum Gasteiger partial charge on any atom is 0.0487 e. The zero-order chi connectivity index (χ0) is 14.9. The Hall–Kier alpha value is -0.300. The van der Waals surface area contributed by atoms with E-state index in [-0.39, 0.29) is 5.41 Å². The molecule has 0 heterocycles. The largest absolute Gasteiger partial charge is 0.396 e. The lowest BCUT2D eigenvalue weighted by molar-refractivity contribution is -0.154. The van der Waals surface area contributed by atoms with Crippen LogP contribution in [0.2, 0.25) is 0 Å². The van der Waals surface area contributed by atoms with E-state index in [2.05, 4.69) is 32.9 Å². The van der Waals surface area contributed by atoms with Crippen molar-refractivity contribution < 1.29 is 5.11 Å². The van der Waals surface area contributed by atoms with Crippen molar-refractivity contribution in [2.45, 2.75) is 72.1 Å². The summed E-state index contributed by atoms with van der Waals surface area (Å²) in [5, 5.41) is 10.1. The molecule has 1 spiro atoms. The van der Waals surface area contributed by atoms with E-state index < -0.39 is 0 Å². The highest BCUT2D eigenvalue weighted by molar-refractivity contribution is 5.25. The first-order valence-corrected chi connectivity index (χ1v) is 9.17. The van der Waals surface area contributed by atoms with Crippen LogP contribution in [-0.2, 0) is 0 Å². The van der Waals surface area contributed by atoms with Gasteiger partial charge in [0.15, 0.2) is 0 Å². The van der Waals surface area contributed by atoms with E-state index in [0.717, 1.165) is 11.8 Å². The van der Waals surface area contributed by atoms with E-state index in [1.807, 2.05) is 0 Å². The number of hydrogen-bond donors (Lipinski definition) is 1. The first-order chi connectivity index (χ1) is 9.86. The van der Waals surface area contributed by atoms with Crippen molar-refractivity contribution in [3.8, 4) is 0 Å². The molecule has 0 radical (unpaired) electrons. The van der Waals surface area contributed by atoms with E-state index in [1.165, 1.54) is 51.4 Å². The number of hydrogen-bond acceptors (Lipinski definition) is 1. The summed E-state index contributed by atoms with van der Waals surface area (Å²) in [7, 11) is 0. The SMILES string of the molecule is C[C@@]12C=C[C@]3(CC[C@@H]4[C@@](C)(CO)CCC[C@]4(C)C3CC1)C2. The van der Waals surface area contributed by atoms with Gasteiger partial charge in [0.25, 0.3) is 0 Å². The molecule has 0 aromatic heterocycles. The van der Waals surface area contributed by atoms with Gasteiger partial charge < -0.3 is 5.11 Å². The number of aliphatic hydroxyl groups is 1. The predicted octanol–water partition coefficient (Wildman–Crippen LogP) is 4.95. The third-order valence-corrected chi connectivity index (χ3v) is 8.41. The van der Waals surface area contributed by atoms with E-state index in [0.29, 0.717) is 22.9 Å². The van der Waals surface area contributed by atoms with Crippen LogP contribution in [0.25, 0.3) is 0 Å². The summed E-state index contributed by atoms with van der Waals surface area (Å²) in [4.78, 5) is 0. The van der Waals surface area contributed by atoms with Crippen LogP contribution < -0.4 is 0 Å². The molecular formula is C20H32O. The van der Waals surface area contributed by atoms with E-state index in [4.69, 9.17) is 0 Å². The Morgan fingerprint density at radius 3 is 2.48 bits per heavy atom. The monoisotopic (exact) mass is 288 g/mol. The molecule has 3 saturated carbocycles. The quantitative estimate of drug-likeness (QED) is 0.677. The molecular weight excluding hydrogens is 256 g/mol. The zero-order valence-corrected chi connectivity index (χ0v) is 14.1. The summed E-state index contributed by atoms with van der Waals surface area (Å²) in [6.45, 7) is 7.82. The second-order valence-electron chi connectivity index (χ2n) is 9.75. The minimum atomic E-state index is 0.178. The average Bonchev–Trinajstić information content (AvgIpc) is 2.69. The Balaban J connectivity index is 1.74. The van der Waals surface area contributed by atoms with Gasteiger partial charge >= 0.3 is 0 Å². The molecule has 0 saturated heterocycles. The number of allylic oxidation sites excluding steroid dienone is 2. The molecule has 0 aromatic rings. The van der Waals surface area contributed by atoms with Crippen LogP contribution in [0.5, 0.6) is 0 Å². The van der Waals surface area contributed by atoms with Gasteiger partial charge in [-0.3, -0.25) is 0 Å². The summed E-state index contributed by atoms with van der Waals surface area (Å²) < 4.78 is 0. The van der Waals surface area contributed by atoms with Crippen molar-refractivity contribution in [1.82, 2.24) is 0 Å². The molecule has 118 valence electrons. The van der Waals surface area contributed by atoms with Crippen LogP contribution in [0.15, 0.2) is 12.2 Å². The van der Waals surface area contributed by atoms with Gasteiger partial charge in [-0.25, -0.2) is 0 Å². The fourth-order valence-electron chi connectivity index (χ4n) is 7.46. The molecule has 1 N–H and O–H groups in total. The summed E-state index contributed by atoms with van der Waals surface area (Å²) in [6, 6.07) is 0. The second-order valence-corrected chi connectivity index (χ2v) is 9.75. The van der Waals surface area contributed by atoms with Gasteiger partial charge in [-0.2, -0.15) is 0 Å². The van der Waals surface area contributed by atoms with Gasteiger partial charge in [-0.1, -0.05) is 39.3 Å². The molecule has 0 aliphatic heterocycles. The summed E-state index contributed by atoms with van der Waals surface area (Å²) >= 11 is 0. The van der Waals surface area contributed by atoms with Crippen LogP contribution in [0.3, 0.4) is 0 Å². The minimum Gasteiger partial charge on any atom is -0.396 e. The molecule has 6 atom stereocenters. The fraction of sp³-hybridized carbons (Fsp3) is 0.900. The Bertz CT molecular complexity index is 482. The lowest BCUT2D eigenvalue weighted by Crippen LogP contribution is -2.57. The van der Waals surface area contributed by atoms with Crippen molar-refractivity contribution in [3.63, 3.8) is 0 Å². The van der Waals surface area contributed by atoms with Gasteiger partial charge in [0, 0.05) is 6.61 Å². The third kappa shape index (κ3) is 1.73. The van der Waals surface area contributed by atoms with E-state index in [9.17, 15) is 5.11 Å².